The van der Waals surface area contributed by atoms with E-state index in [1.807, 2.05) is 25.1 Å². The Balaban J connectivity index is 2.16. The van der Waals surface area contributed by atoms with Gasteiger partial charge in [-0.2, -0.15) is 0 Å². The molecule has 1 unspecified atom stereocenters. The van der Waals surface area contributed by atoms with Crippen LogP contribution in [0.25, 0.3) is 0 Å². The zero-order valence-corrected chi connectivity index (χ0v) is 14.7. The molecule has 0 aliphatic carbocycles. The molecule has 1 atom stereocenters. The maximum absolute atomic E-state index is 10.5. The number of hydrogen-bond donors (Lipinski definition) is 1. The Morgan fingerprint density at radius 2 is 1.67 bits per heavy atom. The van der Waals surface area contributed by atoms with Crippen LogP contribution >= 0.6 is 15.9 Å². The van der Waals surface area contributed by atoms with E-state index in [4.69, 9.17) is 0 Å². The summed E-state index contributed by atoms with van der Waals surface area (Å²) in [6, 6.07) is 14.5. The maximum atomic E-state index is 10.5. The molecular weight excluding hydrogens is 324 g/mol. The lowest BCUT2D eigenvalue weighted by atomic mass is 9.86. The summed E-state index contributed by atoms with van der Waals surface area (Å²) in [4.78, 5) is 0. The number of hydrogen-bond acceptors (Lipinski definition) is 1. The summed E-state index contributed by atoms with van der Waals surface area (Å²) in [7, 11) is 0. The SMILES string of the molecule is Cc1c(Br)cccc1C(O)Cc1ccc(C(C)(C)C)cc1. The summed E-state index contributed by atoms with van der Waals surface area (Å²) in [6.07, 6.45) is 0.171. The van der Waals surface area contributed by atoms with Crippen LogP contribution in [0.5, 0.6) is 0 Å². The molecule has 2 aromatic carbocycles. The van der Waals surface area contributed by atoms with Gasteiger partial charge in [0.1, 0.15) is 0 Å². The van der Waals surface area contributed by atoms with Gasteiger partial charge in [0, 0.05) is 10.9 Å². The first-order valence-electron chi connectivity index (χ1n) is 7.31. The van der Waals surface area contributed by atoms with E-state index in [0.717, 1.165) is 21.2 Å². The van der Waals surface area contributed by atoms with Gasteiger partial charge in [-0.1, -0.05) is 73.1 Å². The molecule has 0 radical (unpaired) electrons. The van der Waals surface area contributed by atoms with Crippen molar-refractivity contribution in [2.45, 2.75) is 45.6 Å². The number of halogens is 1. The molecule has 1 N–H and O–H groups in total. The highest BCUT2D eigenvalue weighted by Crippen LogP contribution is 2.28. The normalized spacial score (nSPS) is 13.2. The van der Waals surface area contributed by atoms with Crippen LogP contribution in [0.15, 0.2) is 46.9 Å². The first-order chi connectivity index (χ1) is 9.79. The molecular formula is C19H23BrO. The predicted octanol–water partition coefficient (Wildman–Crippen LogP) is 5.33. The summed E-state index contributed by atoms with van der Waals surface area (Å²) in [5.41, 5.74) is 4.74. The first kappa shape index (κ1) is 16.3. The largest absolute Gasteiger partial charge is 0.388 e. The van der Waals surface area contributed by atoms with Gasteiger partial charge in [0.2, 0.25) is 0 Å². The standard InChI is InChI=1S/C19H23BrO/c1-13-16(6-5-7-17(13)20)18(21)12-14-8-10-15(11-9-14)19(2,3)4/h5-11,18,21H,12H2,1-4H3. The van der Waals surface area contributed by atoms with Crippen molar-refractivity contribution < 1.29 is 5.11 Å². The molecule has 21 heavy (non-hydrogen) atoms. The van der Waals surface area contributed by atoms with Crippen molar-refractivity contribution >= 4 is 15.9 Å². The van der Waals surface area contributed by atoms with Crippen molar-refractivity contribution in [1.29, 1.82) is 0 Å². The molecule has 0 saturated carbocycles. The fourth-order valence-electron chi connectivity index (χ4n) is 2.46. The molecule has 2 rings (SSSR count). The third-order valence-electron chi connectivity index (χ3n) is 3.92. The molecule has 0 aliphatic heterocycles. The minimum absolute atomic E-state index is 0.165. The van der Waals surface area contributed by atoms with E-state index >= 15 is 0 Å². The van der Waals surface area contributed by atoms with Gasteiger partial charge in [0.15, 0.2) is 0 Å². The van der Waals surface area contributed by atoms with Crippen LogP contribution in [0, 0.1) is 6.92 Å². The molecule has 0 aliphatic rings. The quantitative estimate of drug-likeness (QED) is 0.795. The van der Waals surface area contributed by atoms with E-state index in [1.54, 1.807) is 0 Å². The van der Waals surface area contributed by atoms with E-state index in [0.29, 0.717) is 6.42 Å². The van der Waals surface area contributed by atoms with Crippen molar-refractivity contribution in [1.82, 2.24) is 0 Å². The molecule has 2 aromatic rings. The molecule has 112 valence electrons. The average Bonchev–Trinajstić information content (AvgIpc) is 2.41. The summed E-state index contributed by atoms with van der Waals surface area (Å²) < 4.78 is 1.04. The van der Waals surface area contributed by atoms with Gasteiger partial charge in [-0.05, 0) is 40.7 Å². The van der Waals surface area contributed by atoms with Crippen molar-refractivity contribution in [3.05, 3.63) is 69.2 Å². The van der Waals surface area contributed by atoms with Crippen molar-refractivity contribution in [2.24, 2.45) is 0 Å². The second kappa shape index (κ2) is 6.33. The van der Waals surface area contributed by atoms with Crippen LogP contribution in [0.4, 0.5) is 0 Å². The number of aliphatic hydroxyl groups is 1. The lowest BCUT2D eigenvalue weighted by Crippen LogP contribution is -2.11. The van der Waals surface area contributed by atoms with E-state index in [2.05, 4.69) is 61.0 Å². The Kier molecular flexibility index (Phi) is 4.90. The van der Waals surface area contributed by atoms with E-state index in [-0.39, 0.29) is 5.41 Å². The fraction of sp³-hybridized carbons (Fsp3) is 0.368. The predicted molar refractivity (Wildman–Crippen MR) is 92.7 cm³/mol. The van der Waals surface area contributed by atoms with E-state index in [1.165, 1.54) is 5.56 Å². The van der Waals surface area contributed by atoms with Crippen LogP contribution in [-0.2, 0) is 11.8 Å². The van der Waals surface area contributed by atoms with Crippen LogP contribution in [0.2, 0.25) is 0 Å². The zero-order chi connectivity index (χ0) is 15.6. The Labute approximate surface area is 136 Å². The first-order valence-corrected chi connectivity index (χ1v) is 8.11. The Morgan fingerprint density at radius 1 is 1.05 bits per heavy atom. The molecule has 0 amide bonds. The van der Waals surface area contributed by atoms with Crippen molar-refractivity contribution in [2.75, 3.05) is 0 Å². The van der Waals surface area contributed by atoms with E-state index in [9.17, 15) is 5.11 Å². The van der Waals surface area contributed by atoms with Crippen LogP contribution < -0.4 is 0 Å². The summed E-state index contributed by atoms with van der Waals surface area (Å²) in [5.74, 6) is 0. The molecule has 0 fully saturated rings. The lowest BCUT2D eigenvalue weighted by molar-refractivity contribution is 0.177. The molecule has 0 bridgehead atoms. The Bertz CT molecular complexity index is 608. The van der Waals surface area contributed by atoms with Gasteiger partial charge < -0.3 is 5.11 Å². The maximum Gasteiger partial charge on any atom is 0.0833 e. The number of rotatable bonds is 3. The number of benzene rings is 2. The van der Waals surface area contributed by atoms with Crippen molar-refractivity contribution in [3.8, 4) is 0 Å². The van der Waals surface area contributed by atoms with Crippen LogP contribution in [0.3, 0.4) is 0 Å². The van der Waals surface area contributed by atoms with Gasteiger partial charge in [0.25, 0.3) is 0 Å². The molecule has 1 nitrogen and oxygen atoms in total. The second-order valence-corrected chi connectivity index (χ2v) is 7.48. The van der Waals surface area contributed by atoms with Gasteiger partial charge in [0.05, 0.1) is 6.10 Å². The molecule has 2 heteroatoms. The summed E-state index contributed by atoms with van der Waals surface area (Å²) in [6.45, 7) is 8.66. The minimum Gasteiger partial charge on any atom is -0.388 e. The van der Waals surface area contributed by atoms with Crippen LogP contribution in [-0.4, -0.2) is 5.11 Å². The monoisotopic (exact) mass is 346 g/mol. The van der Waals surface area contributed by atoms with Gasteiger partial charge in [-0.15, -0.1) is 0 Å². The highest BCUT2D eigenvalue weighted by Gasteiger charge is 2.15. The van der Waals surface area contributed by atoms with Crippen molar-refractivity contribution in [3.63, 3.8) is 0 Å². The smallest absolute Gasteiger partial charge is 0.0833 e. The Hall–Kier alpha value is -1.12. The number of aliphatic hydroxyl groups excluding tert-OH is 1. The van der Waals surface area contributed by atoms with E-state index < -0.39 is 6.10 Å². The van der Waals surface area contributed by atoms with Crippen LogP contribution in [0.1, 0.15) is 49.1 Å². The topological polar surface area (TPSA) is 20.2 Å². The minimum atomic E-state index is -0.469. The third kappa shape index (κ3) is 3.96. The lowest BCUT2D eigenvalue weighted by Gasteiger charge is -2.20. The second-order valence-electron chi connectivity index (χ2n) is 6.62. The zero-order valence-electron chi connectivity index (χ0n) is 13.2. The van der Waals surface area contributed by atoms with Gasteiger partial charge >= 0.3 is 0 Å². The van der Waals surface area contributed by atoms with Gasteiger partial charge in [-0.3, -0.25) is 0 Å². The molecule has 0 saturated heterocycles. The summed E-state index contributed by atoms with van der Waals surface area (Å²) >= 11 is 3.52. The van der Waals surface area contributed by atoms with Gasteiger partial charge in [-0.25, -0.2) is 0 Å². The molecule has 0 aromatic heterocycles. The third-order valence-corrected chi connectivity index (χ3v) is 4.78. The highest BCUT2D eigenvalue weighted by atomic mass is 79.9. The Morgan fingerprint density at radius 3 is 2.24 bits per heavy atom. The highest BCUT2D eigenvalue weighted by molar-refractivity contribution is 9.10. The molecule has 0 heterocycles. The average molecular weight is 347 g/mol. The molecule has 0 spiro atoms. The fourth-order valence-corrected chi connectivity index (χ4v) is 2.84. The summed E-state index contributed by atoms with van der Waals surface area (Å²) in [5, 5.41) is 10.5.